The van der Waals surface area contributed by atoms with Crippen LogP contribution in [-0.2, 0) is 118 Å². The second kappa shape index (κ2) is 52.3. The Morgan fingerprint density at radius 2 is 0.898 bits per heavy atom. The molecule has 1 aliphatic rings. The van der Waals surface area contributed by atoms with Gasteiger partial charge in [0.05, 0.1) is 98.3 Å². The molecule has 0 fully saturated rings. The number of aliphatic hydroxyl groups excluding tert-OH is 3. The third-order valence-corrected chi connectivity index (χ3v) is 30.3. The van der Waals surface area contributed by atoms with Gasteiger partial charge in [0.2, 0.25) is 11.9 Å². The van der Waals surface area contributed by atoms with Crippen molar-refractivity contribution in [1.82, 2.24) is 48.6 Å². The molecule has 0 radical (unpaired) electrons. The third-order valence-electron chi connectivity index (χ3n) is 18.2. The van der Waals surface area contributed by atoms with Crippen LogP contribution in [0.3, 0.4) is 0 Å². The fraction of sp³-hybridized carbons (Fsp3) is 0.398. The Morgan fingerprint density at radius 3 is 1.28 bits per heavy atom. The van der Waals surface area contributed by atoms with E-state index in [4.69, 9.17) is 140 Å². The van der Waals surface area contributed by atoms with E-state index in [1.54, 1.807) is 53.1 Å². The van der Waals surface area contributed by atoms with Gasteiger partial charge in [-0.25, -0.2) is 19.9 Å². The molecule has 0 spiro atoms. The first kappa shape index (κ1) is 104. The molecule has 0 saturated heterocycles. The molecule has 6 aromatic carbocycles. The lowest BCUT2D eigenvalue weighted by atomic mass is 9.77. The summed E-state index contributed by atoms with van der Waals surface area (Å²) in [5, 5.41) is 36.8. The number of aliphatic hydroxyl groups is 3. The quantitative estimate of drug-likeness (QED) is 0.00325. The minimum atomic E-state index is -4.26. The Balaban J connectivity index is 0.000000208. The molecule has 0 saturated carbocycles. The molecule has 0 amide bonds. The van der Waals surface area contributed by atoms with Gasteiger partial charge in [-0.15, -0.1) is 18.9 Å². The van der Waals surface area contributed by atoms with Crippen molar-refractivity contribution in [3.05, 3.63) is 238 Å². The van der Waals surface area contributed by atoms with Crippen molar-refractivity contribution in [2.45, 2.75) is 89.5 Å². The Labute approximate surface area is 776 Å². The number of nitrogens with one attached hydrogen (secondary N) is 3. The van der Waals surface area contributed by atoms with Crippen LogP contribution in [-0.4, -0.2) is 212 Å². The Morgan fingerprint density at radius 1 is 0.520 bits per heavy atom. The van der Waals surface area contributed by atoms with Gasteiger partial charge in [0.25, 0.3) is 0 Å². The minimum Gasteiger partial charge on any atom is -0.497 e. The summed E-state index contributed by atoms with van der Waals surface area (Å²) in [4.78, 5) is 54.0. The van der Waals surface area contributed by atoms with Gasteiger partial charge in [0.15, 0.2) is 33.1 Å². The van der Waals surface area contributed by atoms with Gasteiger partial charge in [-0.05, 0) is 91.8 Å². The van der Waals surface area contributed by atoms with Crippen LogP contribution in [0.1, 0.15) is 85.6 Å². The molecular formula is C83H107Cl3N15O17P3S6. The second-order valence-corrected chi connectivity index (χ2v) is 43.7. The number of nitrogens with two attached hydrogens (primary N) is 1. The zero-order chi connectivity index (χ0) is 91.4. The fourth-order valence-corrected chi connectivity index (χ4v) is 21.3. The molecule has 1 aliphatic heterocycles. The number of benzene rings is 6. The number of imidazole rings is 3. The van der Waals surface area contributed by atoms with Crippen molar-refractivity contribution in [3.8, 4) is 11.5 Å². The predicted molar refractivity (Wildman–Crippen MR) is 515 cm³/mol. The number of hydrogen-bond acceptors (Lipinski definition) is 31. The van der Waals surface area contributed by atoms with Crippen LogP contribution in [0.15, 0.2) is 194 Å². The SMILES string of the molecule is CCCSSCCO.COc1ccc(C(Nc2nc(Cl)c3ncn(CCOCP(=O)(O)O)c3n2)(c2ccccc2)c2ccccc2)cc1.COc1ccc(C(Nc2nc(Cl)c3ncn(CCOCP(=O)(OC(C)C)OC(C)C)c3n2)(c2ccccc2)c2ccccc2)cc1.NC1=NC(Cl)c2ncn(CCOCP(=O)(OCCS(=S)CCO)OCCS(=S)CCO)c2N1. The number of aromatic nitrogens is 10. The van der Waals surface area contributed by atoms with Gasteiger partial charge >= 0.3 is 22.8 Å². The van der Waals surface area contributed by atoms with Gasteiger partial charge in [0, 0.05) is 54.2 Å². The maximum absolute atomic E-state index is 13.2. The Kier molecular flexibility index (Phi) is 42.7. The summed E-state index contributed by atoms with van der Waals surface area (Å²) in [6.45, 7) is 11.5. The topological polar surface area (TPSA) is 415 Å². The zero-order valence-corrected chi connectivity index (χ0v) is 80.9. The van der Waals surface area contributed by atoms with Crippen LogP contribution in [0.25, 0.3) is 22.3 Å². The van der Waals surface area contributed by atoms with E-state index in [0.717, 1.165) is 50.6 Å². The normalized spacial score (nSPS) is 13.8. The van der Waals surface area contributed by atoms with E-state index < -0.39 is 64.6 Å². The zero-order valence-electron chi connectivity index (χ0n) is 71.0. The van der Waals surface area contributed by atoms with Gasteiger partial charge in [-0.3, -0.25) is 13.7 Å². The standard InChI is InChI=1S/C34H39ClN5O5P.C28H27ClN5O5P.C16H29ClN5O6PS4.C5H12OS2/c1-24(2)44-46(41,45-25(3)4)23-43-21-20-40-22-36-30-31(35)37-33(38-32(30)40)39-34(26-12-8-6-9-13-26,27-14-10-7-11-15-27)28-16-18-29(42-5)19-17-28;1-38-23-14-12-22(13-15-23)28(20-8-4-2-5-9-20,21-10-6-3-7-11-21)33-27-31-25(29)24-26(32-27)34(18-30-24)16-17-39-19-40(35,36)37;17-14-13-15(21-16(18)20-14)22(11-19-13)1-4-26-12-29(25,27-5-9-32(30)7-2-23)28-6-10-33(31)8-3-24;1-2-4-7-8-5-3-6/h6-19,22,24-25H,20-21,23H2,1-5H3,(H,37,38,39);2-15,18H,16-17,19H2,1H3,(H,31,32,33)(H2,35,36,37);11,14,23-24H,1-10,12H2,(H3,18,20,21);6H,2-5H2,1H3. The molecule has 5 aromatic heterocycles. The number of ether oxygens (including phenoxy) is 5. The predicted octanol–water partition coefficient (Wildman–Crippen LogP) is 14.9. The monoisotopic (exact) mass is 1980 g/mol. The molecule has 0 aliphatic carbocycles. The molecule has 32 nitrogen and oxygen atoms in total. The number of halogens is 3. The number of hydrogen-bond donors (Lipinski definition) is 9. The summed E-state index contributed by atoms with van der Waals surface area (Å²) in [5.74, 6) is 6.87. The van der Waals surface area contributed by atoms with E-state index in [1.165, 1.54) is 12.2 Å². The number of alkyl halides is 1. The molecule has 11 aromatic rings. The molecule has 688 valence electrons. The van der Waals surface area contributed by atoms with Gasteiger partial charge in [-0.2, -0.15) is 19.9 Å². The summed E-state index contributed by atoms with van der Waals surface area (Å²) in [7, 11) is -5.31. The van der Waals surface area contributed by atoms with Crippen molar-refractivity contribution >= 4 is 166 Å². The Bertz CT molecular complexity index is 5300. The molecule has 44 heteroatoms. The number of guanidine groups is 1. The highest BCUT2D eigenvalue weighted by Crippen LogP contribution is 2.51. The van der Waals surface area contributed by atoms with Crippen molar-refractivity contribution in [2.24, 2.45) is 10.7 Å². The van der Waals surface area contributed by atoms with Crippen molar-refractivity contribution in [1.29, 1.82) is 0 Å². The number of rotatable bonds is 48. The number of fused-ring (bicyclic) bond motifs is 3. The van der Waals surface area contributed by atoms with Crippen molar-refractivity contribution in [3.63, 3.8) is 0 Å². The largest absolute Gasteiger partial charge is 0.497 e. The lowest BCUT2D eigenvalue weighted by Crippen LogP contribution is -2.38. The van der Waals surface area contributed by atoms with Crippen LogP contribution >= 0.6 is 79.2 Å². The molecule has 6 heterocycles. The van der Waals surface area contributed by atoms with Crippen LogP contribution < -0.4 is 31.2 Å². The molecule has 12 rings (SSSR count). The van der Waals surface area contributed by atoms with Gasteiger partial charge in [0.1, 0.15) is 64.2 Å². The van der Waals surface area contributed by atoms with Crippen LogP contribution in [0.2, 0.25) is 10.3 Å². The third kappa shape index (κ3) is 31.1. The summed E-state index contributed by atoms with van der Waals surface area (Å²) in [6.07, 6.45) is 4.38. The van der Waals surface area contributed by atoms with E-state index in [1.807, 2.05) is 189 Å². The second-order valence-electron chi connectivity index (χ2n) is 28.2. The highest BCUT2D eigenvalue weighted by atomic mass is 35.5. The van der Waals surface area contributed by atoms with Crippen molar-refractivity contribution in [2.75, 3.05) is 137 Å². The molecule has 10 N–H and O–H groups in total. The first-order valence-electron chi connectivity index (χ1n) is 40.1. The minimum absolute atomic E-state index is 0.00463. The van der Waals surface area contributed by atoms with Crippen LogP contribution in [0.5, 0.6) is 11.5 Å². The molecule has 3 atom stereocenters. The molecular weight excluding hydrogens is 1870 g/mol. The summed E-state index contributed by atoms with van der Waals surface area (Å²) in [5.41, 5.74) is 11.4. The number of methoxy groups -OCH3 is 2. The van der Waals surface area contributed by atoms with Gasteiger partial charge < -0.3 is 102 Å². The fourth-order valence-electron chi connectivity index (χ4n) is 12.7. The van der Waals surface area contributed by atoms with Crippen molar-refractivity contribution < 1.29 is 80.6 Å². The van der Waals surface area contributed by atoms with Crippen LogP contribution in [0.4, 0.5) is 17.7 Å². The maximum atomic E-state index is 13.2. The van der Waals surface area contributed by atoms with E-state index in [2.05, 4.69) is 77.1 Å². The summed E-state index contributed by atoms with van der Waals surface area (Å²) < 4.78 is 92.5. The summed E-state index contributed by atoms with van der Waals surface area (Å²) in [6, 6.07) is 55.9. The lowest BCUT2D eigenvalue weighted by molar-refractivity contribution is 0.0961. The average molecular weight is 1980 g/mol. The number of anilines is 3. The highest BCUT2D eigenvalue weighted by molar-refractivity contribution is 8.76. The smallest absolute Gasteiger partial charge is 0.356 e. The molecule has 3 unspecified atom stereocenters. The van der Waals surface area contributed by atoms with E-state index in [9.17, 15) is 13.7 Å². The first-order valence-corrected chi connectivity index (χ1v) is 54.1. The average Bonchev–Trinajstić information content (AvgIpc) is 1.59. The first-order chi connectivity index (χ1) is 61.1. The number of nitrogens with zero attached hydrogens (tertiary/aromatic N) is 11. The van der Waals surface area contributed by atoms with Gasteiger partial charge in [-0.1, -0.05) is 231 Å². The van der Waals surface area contributed by atoms with E-state index in [0.29, 0.717) is 82.5 Å². The maximum Gasteiger partial charge on any atom is 0.356 e. The lowest BCUT2D eigenvalue weighted by Gasteiger charge is -2.37. The highest BCUT2D eigenvalue weighted by Gasteiger charge is 2.40. The van der Waals surface area contributed by atoms with E-state index >= 15 is 0 Å². The number of aliphatic imine (C=N–C) groups is 1. The molecule has 127 heavy (non-hydrogen) atoms. The summed E-state index contributed by atoms with van der Waals surface area (Å²) >= 11 is 29.9. The molecule has 0 bridgehead atoms. The van der Waals surface area contributed by atoms with E-state index in [-0.39, 0.29) is 99.9 Å². The Hall–Kier alpha value is -6.98. The van der Waals surface area contributed by atoms with Crippen LogP contribution in [0, 0.1) is 0 Å².